The number of halogens is 1. The monoisotopic (exact) mass is 301 g/mol. The molecule has 0 aliphatic carbocycles. The Morgan fingerprint density at radius 2 is 2.18 bits per heavy atom. The summed E-state index contributed by atoms with van der Waals surface area (Å²) in [5.74, 6) is -1.03. The number of aromatic hydroxyl groups is 2. The Labute approximate surface area is 109 Å². The second-order valence-corrected chi connectivity index (χ2v) is 4.52. The first kappa shape index (κ1) is 13.8. The number of benzene rings is 1. The van der Waals surface area contributed by atoms with Gasteiger partial charge in [-0.3, -0.25) is 4.79 Å². The number of carbonyl (C=O) groups excluding carboxylic acids is 1. The van der Waals surface area contributed by atoms with Crippen molar-refractivity contribution in [3.8, 4) is 11.5 Å². The van der Waals surface area contributed by atoms with Crippen LogP contribution in [0.3, 0.4) is 0 Å². The van der Waals surface area contributed by atoms with Crippen LogP contribution >= 0.6 is 15.9 Å². The van der Waals surface area contributed by atoms with Crippen molar-refractivity contribution in [3.05, 3.63) is 23.8 Å². The van der Waals surface area contributed by atoms with E-state index in [2.05, 4.69) is 21.2 Å². The van der Waals surface area contributed by atoms with Crippen molar-refractivity contribution >= 4 is 21.8 Å². The highest BCUT2D eigenvalue weighted by Gasteiger charge is 2.16. The second kappa shape index (κ2) is 6.49. The van der Waals surface area contributed by atoms with Gasteiger partial charge in [0.25, 0.3) is 5.91 Å². The molecule has 0 saturated heterocycles. The van der Waals surface area contributed by atoms with Crippen molar-refractivity contribution in [2.75, 3.05) is 5.33 Å². The van der Waals surface area contributed by atoms with Gasteiger partial charge >= 0.3 is 0 Å². The Morgan fingerprint density at radius 1 is 1.47 bits per heavy atom. The predicted molar refractivity (Wildman–Crippen MR) is 69.7 cm³/mol. The molecular weight excluding hydrogens is 286 g/mol. The van der Waals surface area contributed by atoms with E-state index in [9.17, 15) is 15.0 Å². The number of para-hydroxylation sites is 1. The number of hydrogen-bond acceptors (Lipinski definition) is 3. The summed E-state index contributed by atoms with van der Waals surface area (Å²) in [6.07, 6.45) is 1.64. The molecule has 0 radical (unpaired) electrons. The molecule has 4 nitrogen and oxygen atoms in total. The van der Waals surface area contributed by atoms with Crippen LogP contribution in [-0.4, -0.2) is 27.5 Å². The lowest BCUT2D eigenvalue weighted by atomic mass is 10.1. The number of rotatable bonds is 5. The Hall–Kier alpha value is -1.23. The molecule has 1 aromatic rings. The average Bonchev–Trinajstić information content (AvgIpc) is 2.31. The van der Waals surface area contributed by atoms with Gasteiger partial charge in [-0.15, -0.1) is 0 Å². The lowest BCUT2D eigenvalue weighted by molar-refractivity contribution is 0.0932. The summed E-state index contributed by atoms with van der Waals surface area (Å²) in [5.41, 5.74) is 0.0954. The van der Waals surface area contributed by atoms with Gasteiger partial charge in [0, 0.05) is 11.4 Å². The van der Waals surface area contributed by atoms with Crippen molar-refractivity contribution in [3.63, 3.8) is 0 Å². The Kier molecular flexibility index (Phi) is 5.28. The molecule has 1 unspecified atom stereocenters. The van der Waals surface area contributed by atoms with Crippen LogP contribution in [0, 0.1) is 0 Å². The molecule has 0 heterocycles. The standard InChI is InChI=1S/C12H16BrNO3/c1-2-8(6-7-13)14-12(17)9-4-3-5-10(15)11(9)16/h3-5,8,15-16H,2,6-7H2,1H3,(H,14,17). The number of alkyl halides is 1. The molecule has 0 aliphatic heterocycles. The van der Waals surface area contributed by atoms with Crippen LogP contribution in [0.15, 0.2) is 18.2 Å². The summed E-state index contributed by atoms with van der Waals surface area (Å²) < 4.78 is 0. The molecule has 94 valence electrons. The molecule has 5 heteroatoms. The summed E-state index contributed by atoms with van der Waals surface area (Å²) in [4.78, 5) is 11.9. The van der Waals surface area contributed by atoms with Gasteiger partial charge in [-0.05, 0) is 25.0 Å². The summed E-state index contributed by atoms with van der Waals surface area (Å²) >= 11 is 3.32. The third kappa shape index (κ3) is 3.63. The SMILES string of the molecule is CCC(CCBr)NC(=O)c1cccc(O)c1O. The van der Waals surface area contributed by atoms with Crippen molar-refractivity contribution in [2.24, 2.45) is 0 Å². The molecule has 0 aromatic heterocycles. The highest BCUT2D eigenvalue weighted by atomic mass is 79.9. The molecule has 3 N–H and O–H groups in total. The molecule has 0 aliphatic rings. The van der Waals surface area contributed by atoms with Crippen LogP contribution in [0.25, 0.3) is 0 Å². The van der Waals surface area contributed by atoms with Crippen molar-refractivity contribution in [2.45, 2.75) is 25.8 Å². The quantitative estimate of drug-likeness (QED) is 0.578. The van der Waals surface area contributed by atoms with E-state index < -0.39 is 0 Å². The fourth-order valence-corrected chi connectivity index (χ4v) is 2.04. The smallest absolute Gasteiger partial charge is 0.255 e. The Balaban J connectivity index is 2.79. The summed E-state index contributed by atoms with van der Waals surface area (Å²) in [6, 6.07) is 4.39. The van der Waals surface area contributed by atoms with E-state index in [1.807, 2.05) is 6.92 Å². The zero-order valence-electron chi connectivity index (χ0n) is 9.61. The third-order valence-electron chi connectivity index (χ3n) is 2.54. The first-order chi connectivity index (χ1) is 8.10. The zero-order valence-corrected chi connectivity index (χ0v) is 11.2. The van der Waals surface area contributed by atoms with Crippen molar-refractivity contribution < 1.29 is 15.0 Å². The van der Waals surface area contributed by atoms with Crippen LogP contribution in [0.4, 0.5) is 0 Å². The molecule has 0 saturated carbocycles. The fourth-order valence-electron chi connectivity index (χ4n) is 1.49. The van der Waals surface area contributed by atoms with Gasteiger partial charge in [-0.25, -0.2) is 0 Å². The largest absolute Gasteiger partial charge is 0.504 e. The number of phenols is 2. The minimum atomic E-state index is -0.376. The van der Waals surface area contributed by atoms with E-state index in [1.54, 1.807) is 0 Å². The van der Waals surface area contributed by atoms with Crippen molar-refractivity contribution in [1.29, 1.82) is 0 Å². The molecule has 0 fully saturated rings. The van der Waals surface area contributed by atoms with E-state index in [1.165, 1.54) is 18.2 Å². The van der Waals surface area contributed by atoms with Crippen LogP contribution in [0.2, 0.25) is 0 Å². The molecule has 1 atom stereocenters. The number of nitrogens with one attached hydrogen (secondary N) is 1. The van der Waals surface area contributed by atoms with Crippen LogP contribution < -0.4 is 5.32 Å². The molecule has 0 spiro atoms. The Morgan fingerprint density at radius 3 is 2.76 bits per heavy atom. The summed E-state index contributed by atoms with van der Waals surface area (Å²) in [7, 11) is 0. The van der Waals surface area contributed by atoms with E-state index in [4.69, 9.17) is 0 Å². The minimum Gasteiger partial charge on any atom is -0.504 e. The maximum atomic E-state index is 11.9. The topological polar surface area (TPSA) is 69.6 Å². The molecule has 0 bridgehead atoms. The van der Waals surface area contributed by atoms with Gasteiger partial charge in [0.2, 0.25) is 0 Å². The average molecular weight is 302 g/mol. The first-order valence-electron chi connectivity index (χ1n) is 5.47. The number of amides is 1. The molecule has 1 rings (SSSR count). The molecule has 1 aromatic carbocycles. The predicted octanol–water partition coefficient (Wildman–Crippen LogP) is 2.39. The normalized spacial score (nSPS) is 12.1. The lowest BCUT2D eigenvalue weighted by Gasteiger charge is -2.16. The van der Waals surface area contributed by atoms with Gasteiger partial charge in [0.15, 0.2) is 11.5 Å². The minimum absolute atomic E-state index is 0.0589. The van der Waals surface area contributed by atoms with Crippen LogP contribution in [0.5, 0.6) is 11.5 Å². The second-order valence-electron chi connectivity index (χ2n) is 3.73. The maximum absolute atomic E-state index is 11.9. The van der Waals surface area contributed by atoms with Gasteiger partial charge < -0.3 is 15.5 Å². The highest BCUT2D eigenvalue weighted by molar-refractivity contribution is 9.09. The van der Waals surface area contributed by atoms with Crippen LogP contribution in [0.1, 0.15) is 30.1 Å². The zero-order chi connectivity index (χ0) is 12.8. The molecule has 1 amide bonds. The van der Waals surface area contributed by atoms with E-state index in [0.29, 0.717) is 0 Å². The van der Waals surface area contributed by atoms with Gasteiger partial charge in [-0.2, -0.15) is 0 Å². The number of hydrogen-bond donors (Lipinski definition) is 3. The van der Waals surface area contributed by atoms with Gasteiger partial charge in [0.1, 0.15) is 0 Å². The molecule has 17 heavy (non-hydrogen) atoms. The summed E-state index contributed by atoms with van der Waals surface area (Å²) in [5, 5.41) is 22.5. The fraction of sp³-hybridized carbons (Fsp3) is 0.417. The van der Waals surface area contributed by atoms with Gasteiger partial charge in [0.05, 0.1) is 5.56 Å². The first-order valence-corrected chi connectivity index (χ1v) is 6.60. The summed E-state index contributed by atoms with van der Waals surface area (Å²) in [6.45, 7) is 1.98. The van der Waals surface area contributed by atoms with Gasteiger partial charge in [-0.1, -0.05) is 28.9 Å². The van der Waals surface area contributed by atoms with Crippen molar-refractivity contribution in [1.82, 2.24) is 5.32 Å². The number of phenolic OH excluding ortho intramolecular Hbond substituents is 2. The van der Waals surface area contributed by atoms with E-state index in [0.717, 1.165) is 18.2 Å². The number of carbonyl (C=O) groups is 1. The third-order valence-corrected chi connectivity index (χ3v) is 3.00. The van der Waals surface area contributed by atoms with E-state index >= 15 is 0 Å². The van der Waals surface area contributed by atoms with E-state index in [-0.39, 0.29) is 29.0 Å². The molecular formula is C12H16BrNO3. The Bertz CT molecular complexity index is 395. The lowest BCUT2D eigenvalue weighted by Crippen LogP contribution is -2.34. The maximum Gasteiger partial charge on any atom is 0.255 e. The van der Waals surface area contributed by atoms with Crippen LogP contribution in [-0.2, 0) is 0 Å². The highest BCUT2D eigenvalue weighted by Crippen LogP contribution is 2.28.